The predicted molar refractivity (Wildman–Crippen MR) is 73.9 cm³/mol. The Bertz CT molecular complexity index is 414. The standard InChI is InChI=1S/C14H19BrN2O/c15-8-11-9-16-13(17-14(11)10-4-5-10)7-12-3-1-2-6-18-12/h9-10,12H,1-8H2. The molecular weight excluding hydrogens is 292 g/mol. The smallest absolute Gasteiger partial charge is 0.131 e. The molecular formula is C14H19BrN2O. The summed E-state index contributed by atoms with van der Waals surface area (Å²) in [5, 5.41) is 0.860. The van der Waals surface area contributed by atoms with Gasteiger partial charge in [-0.1, -0.05) is 15.9 Å². The zero-order valence-electron chi connectivity index (χ0n) is 10.6. The lowest BCUT2D eigenvalue weighted by molar-refractivity contribution is 0.0156. The van der Waals surface area contributed by atoms with Crippen molar-refractivity contribution in [1.29, 1.82) is 0 Å². The molecule has 2 aliphatic rings. The van der Waals surface area contributed by atoms with E-state index < -0.39 is 0 Å². The van der Waals surface area contributed by atoms with Crippen molar-refractivity contribution in [3.05, 3.63) is 23.3 Å². The van der Waals surface area contributed by atoms with Crippen LogP contribution in [0.2, 0.25) is 0 Å². The molecule has 1 unspecified atom stereocenters. The van der Waals surface area contributed by atoms with Crippen LogP contribution < -0.4 is 0 Å². The van der Waals surface area contributed by atoms with Crippen LogP contribution in [0, 0.1) is 0 Å². The molecule has 2 heterocycles. The second kappa shape index (κ2) is 5.66. The maximum absolute atomic E-state index is 5.77. The first-order valence-corrected chi connectivity index (χ1v) is 8.01. The van der Waals surface area contributed by atoms with Gasteiger partial charge < -0.3 is 4.74 Å². The van der Waals surface area contributed by atoms with Gasteiger partial charge in [-0.3, -0.25) is 0 Å². The molecule has 0 N–H and O–H groups in total. The van der Waals surface area contributed by atoms with E-state index in [-0.39, 0.29) is 0 Å². The SMILES string of the molecule is BrCc1cnc(CC2CCCCO2)nc1C1CC1. The highest BCUT2D eigenvalue weighted by molar-refractivity contribution is 9.08. The van der Waals surface area contributed by atoms with Gasteiger partial charge in [0.1, 0.15) is 5.82 Å². The van der Waals surface area contributed by atoms with Crippen LogP contribution in [0.4, 0.5) is 0 Å². The summed E-state index contributed by atoms with van der Waals surface area (Å²) in [5.41, 5.74) is 2.53. The van der Waals surface area contributed by atoms with Gasteiger partial charge in [-0.2, -0.15) is 0 Å². The molecule has 1 aliphatic heterocycles. The Kier molecular flexibility index (Phi) is 3.94. The zero-order valence-corrected chi connectivity index (χ0v) is 12.2. The minimum atomic E-state index is 0.334. The van der Waals surface area contributed by atoms with Crippen molar-refractivity contribution >= 4 is 15.9 Å². The number of hydrogen-bond donors (Lipinski definition) is 0. The summed E-state index contributed by atoms with van der Waals surface area (Å²) < 4.78 is 5.77. The first-order chi connectivity index (χ1) is 8.86. The zero-order chi connectivity index (χ0) is 12.4. The molecule has 1 saturated heterocycles. The summed E-state index contributed by atoms with van der Waals surface area (Å²) in [6, 6.07) is 0. The van der Waals surface area contributed by atoms with Crippen LogP contribution in [0.3, 0.4) is 0 Å². The van der Waals surface area contributed by atoms with Crippen molar-refractivity contribution < 1.29 is 4.74 Å². The first-order valence-electron chi connectivity index (χ1n) is 6.89. The molecule has 4 heteroatoms. The van der Waals surface area contributed by atoms with Crippen LogP contribution >= 0.6 is 15.9 Å². The summed E-state index contributed by atoms with van der Waals surface area (Å²) in [5.74, 6) is 1.65. The van der Waals surface area contributed by atoms with Crippen LogP contribution in [0.1, 0.15) is 55.1 Å². The maximum Gasteiger partial charge on any atom is 0.131 e. The largest absolute Gasteiger partial charge is 0.378 e. The highest BCUT2D eigenvalue weighted by Crippen LogP contribution is 2.40. The average molecular weight is 311 g/mol. The molecule has 0 spiro atoms. The third kappa shape index (κ3) is 2.91. The van der Waals surface area contributed by atoms with Gasteiger partial charge in [0.05, 0.1) is 11.8 Å². The Labute approximate surface area is 116 Å². The molecule has 1 saturated carbocycles. The van der Waals surface area contributed by atoms with E-state index in [0.29, 0.717) is 12.0 Å². The van der Waals surface area contributed by atoms with Crippen molar-refractivity contribution in [2.75, 3.05) is 6.61 Å². The molecule has 98 valence electrons. The van der Waals surface area contributed by atoms with Crippen molar-refractivity contribution in [3.63, 3.8) is 0 Å². The maximum atomic E-state index is 5.77. The Balaban J connectivity index is 1.73. The van der Waals surface area contributed by atoms with Gasteiger partial charge in [-0.25, -0.2) is 9.97 Å². The van der Waals surface area contributed by atoms with E-state index in [1.807, 2.05) is 6.20 Å². The molecule has 3 nitrogen and oxygen atoms in total. The van der Waals surface area contributed by atoms with Gasteiger partial charge in [-0.05, 0) is 32.1 Å². The first kappa shape index (κ1) is 12.5. The average Bonchev–Trinajstić information content (AvgIpc) is 3.24. The summed E-state index contributed by atoms with van der Waals surface area (Å²) in [7, 11) is 0. The van der Waals surface area contributed by atoms with E-state index >= 15 is 0 Å². The fourth-order valence-corrected chi connectivity index (χ4v) is 2.97. The summed E-state index contributed by atoms with van der Waals surface area (Å²) >= 11 is 3.52. The van der Waals surface area contributed by atoms with Gasteiger partial charge in [0.25, 0.3) is 0 Å². The normalized spacial score (nSPS) is 24.2. The van der Waals surface area contributed by atoms with Crippen LogP contribution in [-0.4, -0.2) is 22.7 Å². The van der Waals surface area contributed by atoms with Gasteiger partial charge in [0.15, 0.2) is 0 Å². The second-order valence-electron chi connectivity index (χ2n) is 5.30. The molecule has 1 aliphatic carbocycles. The minimum Gasteiger partial charge on any atom is -0.378 e. The third-order valence-corrected chi connectivity index (χ3v) is 4.34. The van der Waals surface area contributed by atoms with Gasteiger partial charge in [-0.15, -0.1) is 0 Å². The van der Waals surface area contributed by atoms with Gasteiger partial charge >= 0.3 is 0 Å². The number of rotatable bonds is 4. The molecule has 1 aromatic heterocycles. The molecule has 1 aromatic rings. The van der Waals surface area contributed by atoms with E-state index in [2.05, 4.69) is 20.9 Å². The second-order valence-corrected chi connectivity index (χ2v) is 5.86. The van der Waals surface area contributed by atoms with E-state index in [1.165, 1.54) is 36.9 Å². The topological polar surface area (TPSA) is 35.0 Å². The van der Waals surface area contributed by atoms with Crippen LogP contribution in [-0.2, 0) is 16.5 Å². The lowest BCUT2D eigenvalue weighted by atomic mass is 10.1. The van der Waals surface area contributed by atoms with Crippen LogP contribution in [0.5, 0.6) is 0 Å². The monoisotopic (exact) mass is 310 g/mol. The molecule has 1 atom stereocenters. The van der Waals surface area contributed by atoms with Crippen molar-refractivity contribution in [3.8, 4) is 0 Å². The Morgan fingerprint density at radius 3 is 2.83 bits per heavy atom. The Morgan fingerprint density at radius 1 is 1.28 bits per heavy atom. The van der Waals surface area contributed by atoms with Crippen molar-refractivity contribution in [1.82, 2.24) is 9.97 Å². The number of aromatic nitrogens is 2. The van der Waals surface area contributed by atoms with E-state index in [9.17, 15) is 0 Å². The molecule has 0 amide bonds. The van der Waals surface area contributed by atoms with Crippen molar-refractivity contribution in [2.45, 2.75) is 55.9 Å². The van der Waals surface area contributed by atoms with E-state index in [4.69, 9.17) is 9.72 Å². The number of ether oxygens (including phenoxy) is 1. The fraction of sp³-hybridized carbons (Fsp3) is 0.714. The lowest BCUT2D eigenvalue weighted by Crippen LogP contribution is -2.22. The number of halogens is 1. The van der Waals surface area contributed by atoms with Gasteiger partial charge in [0, 0.05) is 36.0 Å². The molecule has 2 fully saturated rings. The highest BCUT2D eigenvalue weighted by atomic mass is 79.9. The molecule has 0 aromatic carbocycles. The molecule has 0 bridgehead atoms. The summed E-state index contributed by atoms with van der Waals surface area (Å²) in [6.45, 7) is 0.902. The van der Waals surface area contributed by atoms with E-state index in [0.717, 1.165) is 30.6 Å². The Hall–Kier alpha value is -0.480. The molecule has 0 radical (unpaired) electrons. The van der Waals surface area contributed by atoms with Crippen LogP contribution in [0.25, 0.3) is 0 Å². The minimum absolute atomic E-state index is 0.334. The lowest BCUT2D eigenvalue weighted by Gasteiger charge is -2.22. The summed E-state index contributed by atoms with van der Waals surface area (Å²) in [4.78, 5) is 9.27. The fourth-order valence-electron chi connectivity index (χ4n) is 2.54. The summed E-state index contributed by atoms with van der Waals surface area (Å²) in [6.07, 6.45) is 9.42. The predicted octanol–water partition coefficient (Wildman–Crippen LogP) is 3.36. The number of nitrogens with zero attached hydrogens (tertiary/aromatic N) is 2. The number of hydrogen-bond acceptors (Lipinski definition) is 3. The molecule has 3 rings (SSSR count). The Morgan fingerprint density at radius 2 is 2.17 bits per heavy atom. The third-order valence-electron chi connectivity index (χ3n) is 3.74. The van der Waals surface area contributed by atoms with E-state index in [1.54, 1.807) is 0 Å². The van der Waals surface area contributed by atoms with Crippen LogP contribution in [0.15, 0.2) is 6.20 Å². The highest BCUT2D eigenvalue weighted by Gasteiger charge is 2.28. The number of alkyl halides is 1. The quantitative estimate of drug-likeness (QED) is 0.800. The molecule has 18 heavy (non-hydrogen) atoms. The van der Waals surface area contributed by atoms with Gasteiger partial charge in [0.2, 0.25) is 0 Å². The van der Waals surface area contributed by atoms with Crippen molar-refractivity contribution in [2.24, 2.45) is 0 Å².